The number of rotatable bonds is 5. The number of hydrogen-bond donors (Lipinski definition) is 2. The number of hydrogen-bond acceptors (Lipinski definition) is 6. The fourth-order valence-corrected chi connectivity index (χ4v) is 3.90. The van der Waals surface area contributed by atoms with Crippen LogP contribution in [0.25, 0.3) is 10.8 Å². The molecule has 0 amide bonds. The van der Waals surface area contributed by atoms with Crippen LogP contribution in [0.4, 0.5) is 11.6 Å². The summed E-state index contributed by atoms with van der Waals surface area (Å²) in [7, 11) is -3.82. The molecule has 4 rings (SSSR count). The van der Waals surface area contributed by atoms with Crippen molar-refractivity contribution >= 4 is 38.6 Å². The third kappa shape index (κ3) is 4.13. The molecule has 4 aromatic rings. The summed E-state index contributed by atoms with van der Waals surface area (Å²) in [6, 6.07) is 18.9. The Morgan fingerprint density at radius 3 is 2.53 bits per heavy atom. The Morgan fingerprint density at radius 2 is 1.77 bits per heavy atom. The van der Waals surface area contributed by atoms with E-state index in [-0.39, 0.29) is 16.6 Å². The molecule has 0 saturated carbocycles. The molecule has 150 valence electrons. The highest BCUT2D eigenvalue weighted by Gasteiger charge is 2.15. The van der Waals surface area contributed by atoms with Crippen LogP contribution in [-0.4, -0.2) is 29.7 Å². The highest BCUT2D eigenvalue weighted by atomic mass is 32.2. The summed E-state index contributed by atoms with van der Waals surface area (Å²) in [6.07, 6.45) is 3.06. The topological polar surface area (TPSA) is 105 Å². The number of phenols is 1. The predicted octanol–water partition coefficient (Wildman–Crippen LogP) is 4.20. The summed E-state index contributed by atoms with van der Waals surface area (Å²) in [6.45, 7) is 1.75. The van der Waals surface area contributed by atoms with Gasteiger partial charge in [-0.3, -0.25) is 4.99 Å². The summed E-state index contributed by atoms with van der Waals surface area (Å²) >= 11 is 0. The van der Waals surface area contributed by atoms with Crippen LogP contribution in [0.3, 0.4) is 0 Å². The number of anilines is 1. The zero-order chi connectivity index (χ0) is 21.1. The molecule has 0 aliphatic heterocycles. The number of nitrogens with zero attached hydrogens (tertiary/aromatic N) is 3. The maximum absolute atomic E-state index is 12.5. The van der Waals surface area contributed by atoms with Gasteiger partial charge in [0.1, 0.15) is 5.75 Å². The van der Waals surface area contributed by atoms with Crippen molar-refractivity contribution < 1.29 is 13.5 Å². The maximum atomic E-state index is 12.5. The van der Waals surface area contributed by atoms with E-state index >= 15 is 0 Å². The lowest BCUT2D eigenvalue weighted by atomic mass is 10.0. The lowest BCUT2D eigenvalue weighted by Crippen LogP contribution is -2.15. The summed E-state index contributed by atoms with van der Waals surface area (Å²) in [5.41, 5.74) is 1.81. The van der Waals surface area contributed by atoms with Crippen LogP contribution in [0, 0.1) is 6.92 Å². The molecular weight excluding hydrogens is 400 g/mol. The molecule has 0 aliphatic rings. The van der Waals surface area contributed by atoms with Crippen LogP contribution in [-0.2, 0) is 10.0 Å². The van der Waals surface area contributed by atoms with E-state index in [9.17, 15) is 13.5 Å². The van der Waals surface area contributed by atoms with Crippen LogP contribution in [0.15, 0.2) is 82.8 Å². The van der Waals surface area contributed by atoms with E-state index in [0.29, 0.717) is 16.9 Å². The number of aliphatic imine (C=N–C) groups is 1. The van der Waals surface area contributed by atoms with Gasteiger partial charge in [0.25, 0.3) is 10.0 Å². The van der Waals surface area contributed by atoms with E-state index in [0.717, 1.165) is 10.8 Å². The summed E-state index contributed by atoms with van der Waals surface area (Å²) in [5.74, 6) is 0.141. The van der Waals surface area contributed by atoms with Gasteiger partial charge < -0.3 is 5.11 Å². The average Bonchev–Trinajstić information content (AvgIpc) is 2.73. The maximum Gasteiger partial charge on any atom is 0.264 e. The monoisotopic (exact) mass is 418 g/mol. The minimum Gasteiger partial charge on any atom is -0.507 e. The second-order valence-corrected chi connectivity index (χ2v) is 8.28. The summed E-state index contributed by atoms with van der Waals surface area (Å²) in [4.78, 5) is 12.4. The van der Waals surface area contributed by atoms with Crippen LogP contribution >= 0.6 is 0 Å². The normalized spacial score (nSPS) is 11.8. The molecule has 0 unspecified atom stereocenters. The van der Waals surface area contributed by atoms with E-state index in [2.05, 4.69) is 19.7 Å². The molecule has 2 N–H and O–H groups in total. The zero-order valence-electron chi connectivity index (χ0n) is 16.0. The second-order valence-electron chi connectivity index (χ2n) is 6.60. The van der Waals surface area contributed by atoms with Crippen LogP contribution in [0.1, 0.15) is 11.3 Å². The average molecular weight is 418 g/mol. The molecule has 8 heteroatoms. The van der Waals surface area contributed by atoms with E-state index < -0.39 is 10.0 Å². The smallest absolute Gasteiger partial charge is 0.264 e. The quantitative estimate of drug-likeness (QED) is 0.473. The molecule has 7 nitrogen and oxygen atoms in total. The molecular formula is C22H18N4O3S. The largest absolute Gasteiger partial charge is 0.507 e. The molecule has 3 aromatic carbocycles. The van der Waals surface area contributed by atoms with Crippen molar-refractivity contribution in [1.82, 2.24) is 9.97 Å². The number of sulfonamides is 1. The predicted molar refractivity (Wildman–Crippen MR) is 117 cm³/mol. The van der Waals surface area contributed by atoms with Gasteiger partial charge in [0.05, 0.1) is 10.6 Å². The fraction of sp³-hybridized carbons (Fsp3) is 0.0455. The Balaban J connectivity index is 1.58. The molecule has 0 bridgehead atoms. The number of aromatic nitrogens is 2. The summed E-state index contributed by atoms with van der Waals surface area (Å²) in [5, 5.41) is 12.1. The number of phenolic OH excluding ortho intramolecular Hbond substituents is 1. The Hall–Kier alpha value is -3.78. The van der Waals surface area contributed by atoms with E-state index in [1.54, 1.807) is 37.4 Å². The molecule has 0 fully saturated rings. The second kappa shape index (κ2) is 7.92. The number of aryl methyl sites for hydroxylation is 1. The van der Waals surface area contributed by atoms with Gasteiger partial charge in [0, 0.05) is 23.7 Å². The summed E-state index contributed by atoms with van der Waals surface area (Å²) < 4.78 is 27.4. The Bertz CT molecular complexity index is 1350. The van der Waals surface area contributed by atoms with Crippen LogP contribution in [0.5, 0.6) is 5.75 Å². The minimum absolute atomic E-state index is 0.0172. The van der Waals surface area contributed by atoms with Crippen LogP contribution in [0.2, 0.25) is 0 Å². The molecule has 0 saturated heterocycles. The Kier molecular flexibility index (Phi) is 5.16. The number of benzene rings is 3. The van der Waals surface area contributed by atoms with Crippen molar-refractivity contribution in [2.45, 2.75) is 11.8 Å². The van der Waals surface area contributed by atoms with Crippen molar-refractivity contribution in [3.63, 3.8) is 0 Å². The van der Waals surface area contributed by atoms with Gasteiger partial charge in [-0.15, -0.1) is 0 Å². The van der Waals surface area contributed by atoms with E-state index in [1.165, 1.54) is 18.3 Å². The van der Waals surface area contributed by atoms with Gasteiger partial charge in [-0.05, 0) is 54.1 Å². The third-order valence-corrected chi connectivity index (χ3v) is 5.80. The third-order valence-electron chi connectivity index (χ3n) is 4.46. The minimum atomic E-state index is -3.82. The number of nitrogens with one attached hydrogen (secondary N) is 1. The molecule has 0 radical (unpaired) electrons. The first-order valence-corrected chi connectivity index (χ1v) is 10.6. The van der Waals surface area contributed by atoms with Gasteiger partial charge in [-0.25, -0.2) is 23.1 Å². The van der Waals surface area contributed by atoms with Gasteiger partial charge in [-0.2, -0.15) is 0 Å². The molecule has 30 heavy (non-hydrogen) atoms. The molecule has 0 aliphatic carbocycles. The van der Waals surface area contributed by atoms with Crippen molar-refractivity contribution in [1.29, 1.82) is 0 Å². The van der Waals surface area contributed by atoms with Gasteiger partial charge >= 0.3 is 0 Å². The zero-order valence-corrected chi connectivity index (χ0v) is 16.8. The molecule has 0 spiro atoms. The highest BCUT2D eigenvalue weighted by Crippen LogP contribution is 2.26. The Morgan fingerprint density at radius 1 is 1.00 bits per heavy atom. The lowest BCUT2D eigenvalue weighted by molar-refractivity contribution is 0.475. The molecule has 0 atom stereocenters. The molecule has 1 heterocycles. The number of aromatic hydroxyl groups is 1. The first-order chi connectivity index (χ1) is 14.4. The standard InChI is InChI=1S/C22H18N4O3S/c1-15-12-13-23-22(25-15)26-30(28,29)18-9-7-17(8-10-18)24-14-20-19-5-3-2-4-16(19)6-11-21(20)27/h2-14,27H,1H3,(H,23,25,26). The van der Waals surface area contributed by atoms with Gasteiger partial charge in [0.2, 0.25) is 5.95 Å². The van der Waals surface area contributed by atoms with Crippen LogP contribution < -0.4 is 4.72 Å². The van der Waals surface area contributed by atoms with Gasteiger partial charge in [0.15, 0.2) is 0 Å². The van der Waals surface area contributed by atoms with Gasteiger partial charge in [-0.1, -0.05) is 30.3 Å². The van der Waals surface area contributed by atoms with E-state index in [4.69, 9.17) is 0 Å². The van der Waals surface area contributed by atoms with Crippen molar-refractivity contribution in [2.75, 3.05) is 4.72 Å². The highest BCUT2D eigenvalue weighted by molar-refractivity contribution is 7.92. The number of fused-ring (bicyclic) bond motifs is 1. The molecule has 1 aromatic heterocycles. The van der Waals surface area contributed by atoms with Crippen molar-refractivity contribution in [3.05, 3.63) is 84.2 Å². The fourth-order valence-electron chi connectivity index (χ4n) is 2.95. The van der Waals surface area contributed by atoms with Crippen molar-refractivity contribution in [2.24, 2.45) is 4.99 Å². The first-order valence-electron chi connectivity index (χ1n) is 9.10. The SMILES string of the molecule is Cc1ccnc(NS(=O)(=O)c2ccc(N=Cc3c(O)ccc4ccccc34)cc2)n1. The first kappa shape index (κ1) is 19.5. The lowest BCUT2D eigenvalue weighted by Gasteiger charge is -2.07. The van der Waals surface area contributed by atoms with Crippen molar-refractivity contribution in [3.8, 4) is 5.75 Å². The van der Waals surface area contributed by atoms with E-state index in [1.807, 2.05) is 30.3 Å². The Labute approximate surface area is 173 Å².